The van der Waals surface area contributed by atoms with Crippen molar-refractivity contribution in [1.82, 2.24) is 0 Å². The number of benzene rings is 6. The van der Waals surface area contributed by atoms with E-state index in [-0.39, 0.29) is 0 Å². The zero-order valence-corrected chi connectivity index (χ0v) is 20.2. The fourth-order valence-electron chi connectivity index (χ4n) is 5.77. The normalized spacial score (nSPS) is 11.9. The highest BCUT2D eigenvalue weighted by Crippen LogP contribution is 2.46. The number of para-hydroxylation sites is 1. The van der Waals surface area contributed by atoms with Crippen molar-refractivity contribution in [2.75, 3.05) is 0 Å². The predicted octanol–water partition coefficient (Wildman–Crippen LogP) is 10.4. The quantitative estimate of drug-likeness (QED) is 0.226. The zero-order chi connectivity index (χ0) is 23.6. The molecule has 0 aliphatic rings. The van der Waals surface area contributed by atoms with Crippen LogP contribution in [0.5, 0.6) is 0 Å². The number of rotatable bonds is 2. The Morgan fingerprint density at radius 2 is 1.00 bits per heavy atom. The van der Waals surface area contributed by atoms with Gasteiger partial charge in [-0.1, -0.05) is 121 Å². The molecule has 36 heavy (non-hydrogen) atoms. The van der Waals surface area contributed by atoms with Crippen molar-refractivity contribution in [1.29, 1.82) is 0 Å². The van der Waals surface area contributed by atoms with E-state index in [1.165, 1.54) is 64.7 Å². The average Bonchev–Trinajstić information content (AvgIpc) is 3.47. The summed E-state index contributed by atoms with van der Waals surface area (Å²) in [6.07, 6.45) is 0. The van der Waals surface area contributed by atoms with Gasteiger partial charge in [-0.3, -0.25) is 0 Å². The summed E-state index contributed by atoms with van der Waals surface area (Å²) in [6, 6.07) is 43.6. The number of thiophene rings is 1. The van der Waals surface area contributed by atoms with Gasteiger partial charge in [-0.05, 0) is 55.9 Å². The van der Waals surface area contributed by atoms with Crippen molar-refractivity contribution >= 4 is 64.2 Å². The van der Waals surface area contributed by atoms with Crippen LogP contribution in [0.25, 0.3) is 75.1 Å². The van der Waals surface area contributed by atoms with Crippen molar-refractivity contribution in [2.45, 2.75) is 0 Å². The average molecular weight is 477 g/mol. The van der Waals surface area contributed by atoms with Crippen molar-refractivity contribution in [3.8, 4) is 22.3 Å². The van der Waals surface area contributed by atoms with Gasteiger partial charge in [0.05, 0.1) is 0 Å². The maximum absolute atomic E-state index is 6.21. The summed E-state index contributed by atoms with van der Waals surface area (Å²) < 4.78 is 7.46. The molecule has 0 aliphatic heterocycles. The second-order valence-corrected chi connectivity index (χ2v) is 10.3. The van der Waals surface area contributed by atoms with Gasteiger partial charge in [0.25, 0.3) is 0 Å². The molecule has 0 bridgehead atoms. The minimum Gasteiger partial charge on any atom is -0.445 e. The van der Waals surface area contributed by atoms with Crippen LogP contribution in [0.15, 0.2) is 126 Å². The smallest absolute Gasteiger partial charge is 0.190 e. The molecular formula is C34H20OS. The minimum absolute atomic E-state index is 0.957. The van der Waals surface area contributed by atoms with Gasteiger partial charge in [-0.25, -0.2) is 0 Å². The number of hydrogen-bond donors (Lipinski definition) is 0. The third kappa shape index (κ3) is 2.76. The Bertz CT molecular complexity index is 2040. The lowest BCUT2D eigenvalue weighted by Gasteiger charge is -2.17. The molecule has 1 nitrogen and oxygen atoms in total. The fourth-order valence-corrected chi connectivity index (χ4v) is 6.89. The third-order valence-corrected chi connectivity index (χ3v) is 8.33. The highest BCUT2D eigenvalue weighted by Gasteiger charge is 2.18. The molecule has 0 N–H and O–H groups in total. The Balaban J connectivity index is 1.47. The second kappa shape index (κ2) is 7.55. The maximum atomic E-state index is 6.21. The highest BCUT2D eigenvalue weighted by molar-refractivity contribution is 7.25. The van der Waals surface area contributed by atoms with Crippen LogP contribution < -0.4 is 0 Å². The first-order chi connectivity index (χ1) is 17.9. The molecule has 0 amide bonds. The van der Waals surface area contributed by atoms with Gasteiger partial charge in [0.2, 0.25) is 0 Å². The van der Waals surface area contributed by atoms with Gasteiger partial charge < -0.3 is 4.42 Å². The van der Waals surface area contributed by atoms with E-state index >= 15 is 0 Å². The summed E-state index contributed by atoms with van der Waals surface area (Å²) in [5.41, 5.74) is 6.03. The molecule has 2 aromatic heterocycles. The first kappa shape index (κ1) is 19.9. The van der Waals surface area contributed by atoms with Crippen LogP contribution in [-0.2, 0) is 0 Å². The molecule has 8 aromatic rings. The van der Waals surface area contributed by atoms with Crippen molar-refractivity contribution in [3.63, 3.8) is 0 Å². The van der Waals surface area contributed by atoms with Crippen LogP contribution in [0.1, 0.15) is 0 Å². The first-order valence-corrected chi connectivity index (χ1v) is 13.0. The van der Waals surface area contributed by atoms with Gasteiger partial charge in [0.15, 0.2) is 4.90 Å². The summed E-state index contributed by atoms with van der Waals surface area (Å²) >= 11 is 1.74. The molecule has 2 heteroatoms. The van der Waals surface area contributed by atoms with Crippen LogP contribution in [-0.4, -0.2) is 0 Å². The third-order valence-electron chi connectivity index (χ3n) is 7.30. The molecule has 0 aliphatic carbocycles. The van der Waals surface area contributed by atoms with Crippen LogP contribution >= 0.6 is 11.3 Å². The Morgan fingerprint density at radius 1 is 0.444 bits per heavy atom. The van der Waals surface area contributed by atoms with Crippen molar-refractivity contribution in [2.24, 2.45) is 0 Å². The summed E-state index contributed by atoms with van der Waals surface area (Å²) in [7, 11) is 0. The first-order valence-electron chi connectivity index (χ1n) is 12.2. The van der Waals surface area contributed by atoms with E-state index in [0.29, 0.717) is 0 Å². The summed E-state index contributed by atoms with van der Waals surface area (Å²) in [5, 5.41) is 8.80. The van der Waals surface area contributed by atoms with Gasteiger partial charge in [-0.2, -0.15) is 0 Å². The summed E-state index contributed by atoms with van der Waals surface area (Å²) in [4.78, 5) is 0.998. The molecule has 2 heterocycles. The molecule has 0 radical (unpaired) electrons. The van der Waals surface area contributed by atoms with E-state index in [2.05, 4.69) is 115 Å². The molecule has 0 spiro atoms. The maximum Gasteiger partial charge on any atom is 0.190 e. The van der Waals surface area contributed by atoms with E-state index in [9.17, 15) is 0 Å². The van der Waals surface area contributed by atoms with E-state index in [4.69, 9.17) is 4.42 Å². The monoisotopic (exact) mass is 476 g/mol. The zero-order valence-electron chi connectivity index (χ0n) is 19.4. The van der Waals surface area contributed by atoms with Gasteiger partial charge in [-0.15, -0.1) is 0 Å². The highest BCUT2D eigenvalue weighted by atomic mass is 32.1. The van der Waals surface area contributed by atoms with E-state index < -0.39 is 0 Å². The van der Waals surface area contributed by atoms with Crippen LogP contribution in [0.3, 0.4) is 0 Å². The lowest BCUT2D eigenvalue weighted by atomic mass is 9.86. The van der Waals surface area contributed by atoms with Crippen LogP contribution in [0, 0.1) is 0 Å². The number of fused-ring (bicyclic) bond motifs is 7. The van der Waals surface area contributed by atoms with Crippen LogP contribution in [0.4, 0.5) is 0 Å². The standard InChI is InChI=1S/C34H20OS/c1-2-10-21(11-3-1)31-23-12-4-6-14-25(23)32(26-15-7-5-13-24(26)31)22-18-19-28-30(20-22)36-34-33(28)27-16-8-9-17-29(27)35-34/h1-20H. The van der Waals surface area contributed by atoms with Gasteiger partial charge >= 0.3 is 0 Å². The molecule has 0 fully saturated rings. The predicted molar refractivity (Wildman–Crippen MR) is 155 cm³/mol. The Kier molecular flexibility index (Phi) is 4.16. The van der Waals surface area contributed by atoms with Gasteiger partial charge in [0.1, 0.15) is 5.58 Å². The van der Waals surface area contributed by atoms with Crippen molar-refractivity contribution < 1.29 is 4.42 Å². The van der Waals surface area contributed by atoms with Crippen molar-refractivity contribution in [3.05, 3.63) is 121 Å². The van der Waals surface area contributed by atoms with Crippen LogP contribution in [0.2, 0.25) is 0 Å². The molecular weight excluding hydrogens is 456 g/mol. The Labute approximate surface area is 211 Å². The summed E-state index contributed by atoms with van der Waals surface area (Å²) in [5.74, 6) is 0. The fraction of sp³-hybridized carbons (Fsp3) is 0. The number of furan rings is 1. The molecule has 0 saturated heterocycles. The Hall–Kier alpha value is -4.40. The molecule has 8 rings (SSSR count). The summed E-state index contributed by atoms with van der Waals surface area (Å²) in [6.45, 7) is 0. The van der Waals surface area contributed by atoms with E-state index in [1.807, 2.05) is 6.07 Å². The Morgan fingerprint density at radius 3 is 1.67 bits per heavy atom. The largest absolute Gasteiger partial charge is 0.445 e. The molecule has 0 atom stereocenters. The lowest BCUT2D eigenvalue weighted by molar-refractivity contribution is 0.678. The molecule has 0 saturated carbocycles. The van der Waals surface area contributed by atoms with E-state index in [0.717, 1.165) is 10.5 Å². The minimum atomic E-state index is 0.957. The molecule has 168 valence electrons. The second-order valence-electron chi connectivity index (χ2n) is 9.28. The topological polar surface area (TPSA) is 13.1 Å². The van der Waals surface area contributed by atoms with E-state index in [1.54, 1.807) is 11.3 Å². The molecule has 0 unspecified atom stereocenters. The van der Waals surface area contributed by atoms with Gasteiger partial charge in [0, 0.05) is 20.9 Å². The number of hydrogen-bond acceptors (Lipinski definition) is 2. The SMILES string of the molecule is c1ccc(-c2c3ccccc3c(-c3ccc4c(c3)sc3oc5ccccc5c34)c3ccccc23)cc1. The lowest BCUT2D eigenvalue weighted by Crippen LogP contribution is -1.90. The molecule has 6 aromatic carbocycles.